The van der Waals surface area contributed by atoms with Crippen molar-refractivity contribution in [3.8, 4) is 0 Å². The minimum atomic E-state index is -0.183. The molecule has 1 amide bonds. The van der Waals surface area contributed by atoms with E-state index in [-0.39, 0.29) is 24.3 Å². The topological polar surface area (TPSA) is 48.0 Å². The summed E-state index contributed by atoms with van der Waals surface area (Å²) in [4.78, 5) is 13.2. The molecule has 0 saturated carbocycles. The van der Waals surface area contributed by atoms with Gasteiger partial charge in [-0.05, 0) is 19.8 Å². The van der Waals surface area contributed by atoms with Crippen molar-refractivity contribution in [2.45, 2.75) is 38.0 Å². The van der Waals surface area contributed by atoms with Crippen molar-refractivity contribution in [3.05, 3.63) is 0 Å². The SMILES string of the molecule is COCO[C@@H]1C[C@@H]2COC(=O)N2[C@H](C)C1. The summed E-state index contributed by atoms with van der Waals surface area (Å²) in [6.07, 6.45) is 1.70. The van der Waals surface area contributed by atoms with Gasteiger partial charge in [0.05, 0.1) is 12.1 Å². The van der Waals surface area contributed by atoms with Crippen LogP contribution in [-0.2, 0) is 14.2 Å². The molecule has 3 atom stereocenters. The Labute approximate surface area is 89.3 Å². The summed E-state index contributed by atoms with van der Waals surface area (Å²) in [7, 11) is 1.61. The summed E-state index contributed by atoms with van der Waals surface area (Å²) in [5.74, 6) is 0. The van der Waals surface area contributed by atoms with Crippen molar-refractivity contribution in [2.24, 2.45) is 0 Å². The molecule has 2 fully saturated rings. The van der Waals surface area contributed by atoms with Crippen LogP contribution in [0.15, 0.2) is 0 Å². The minimum absolute atomic E-state index is 0.177. The zero-order valence-electron chi connectivity index (χ0n) is 9.14. The lowest BCUT2D eigenvalue weighted by Crippen LogP contribution is -2.49. The fourth-order valence-electron chi connectivity index (χ4n) is 2.39. The summed E-state index contributed by atoms with van der Waals surface area (Å²) in [6.45, 7) is 2.84. The van der Waals surface area contributed by atoms with Gasteiger partial charge in [0.15, 0.2) is 0 Å². The van der Waals surface area contributed by atoms with Crippen molar-refractivity contribution in [1.29, 1.82) is 0 Å². The fourth-order valence-corrected chi connectivity index (χ4v) is 2.39. The number of carbonyl (C=O) groups is 1. The van der Waals surface area contributed by atoms with E-state index in [0.29, 0.717) is 13.4 Å². The van der Waals surface area contributed by atoms with Crippen LogP contribution in [0, 0.1) is 0 Å². The van der Waals surface area contributed by atoms with Gasteiger partial charge in [-0.1, -0.05) is 0 Å². The number of carbonyl (C=O) groups excluding carboxylic acids is 1. The molecule has 5 heteroatoms. The van der Waals surface area contributed by atoms with Crippen molar-refractivity contribution >= 4 is 6.09 Å². The molecule has 0 aliphatic carbocycles. The Hall–Kier alpha value is -0.810. The second-order valence-electron chi connectivity index (χ2n) is 4.15. The van der Waals surface area contributed by atoms with Crippen LogP contribution in [0.2, 0.25) is 0 Å². The van der Waals surface area contributed by atoms with Gasteiger partial charge in [0.2, 0.25) is 0 Å². The van der Waals surface area contributed by atoms with Crippen LogP contribution in [0.5, 0.6) is 0 Å². The highest BCUT2D eigenvalue weighted by Crippen LogP contribution is 2.29. The molecule has 2 heterocycles. The molecule has 86 valence electrons. The summed E-state index contributed by atoms with van der Waals surface area (Å²) >= 11 is 0. The Kier molecular flexibility index (Phi) is 3.11. The van der Waals surface area contributed by atoms with Gasteiger partial charge in [-0.3, -0.25) is 4.90 Å². The van der Waals surface area contributed by atoms with E-state index >= 15 is 0 Å². The first-order valence-electron chi connectivity index (χ1n) is 5.28. The standard InChI is InChI=1S/C10H17NO4/c1-7-3-9(15-6-13-2)4-8-5-14-10(12)11(7)8/h7-9H,3-6H2,1-2H3/t7-,8-,9+/m1/s1. The highest BCUT2D eigenvalue weighted by molar-refractivity contribution is 5.70. The molecule has 0 spiro atoms. The molecular weight excluding hydrogens is 198 g/mol. The number of methoxy groups -OCH3 is 1. The predicted molar refractivity (Wildman–Crippen MR) is 52.4 cm³/mol. The van der Waals surface area contributed by atoms with Gasteiger partial charge in [-0.15, -0.1) is 0 Å². The van der Waals surface area contributed by atoms with Crippen LogP contribution in [0.3, 0.4) is 0 Å². The van der Waals surface area contributed by atoms with Gasteiger partial charge in [0.25, 0.3) is 0 Å². The number of ether oxygens (including phenoxy) is 3. The molecule has 5 nitrogen and oxygen atoms in total. The lowest BCUT2D eigenvalue weighted by Gasteiger charge is -2.37. The molecule has 15 heavy (non-hydrogen) atoms. The zero-order chi connectivity index (χ0) is 10.8. The van der Waals surface area contributed by atoms with E-state index in [1.54, 1.807) is 7.11 Å². The van der Waals surface area contributed by atoms with E-state index in [1.807, 2.05) is 11.8 Å². The maximum Gasteiger partial charge on any atom is 0.410 e. The van der Waals surface area contributed by atoms with Crippen LogP contribution in [0.4, 0.5) is 4.79 Å². The Morgan fingerprint density at radius 3 is 3.07 bits per heavy atom. The Bertz CT molecular complexity index is 246. The van der Waals surface area contributed by atoms with Gasteiger partial charge < -0.3 is 14.2 Å². The van der Waals surface area contributed by atoms with Crippen molar-refractivity contribution in [2.75, 3.05) is 20.5 Å². The maximum atomic E-state index is 11.4. The summed E-state index contributed by atoms with van der Waals surface area (Å²) in [6, 6.07) is 0.378. The van der Waals surface area contributed by atoms with Crippen LogP contribution in [-0.4, -0.2) is 49.7 Å². The second kappa shape index (κ2) is 4.37. The molecular formula is C10H17NO4. The Morgan fingerprint density at radius 1 is 1.53 bits per heavy atom. The lowest BCUT2D eigenvalue weighted by atomic mass is 9.95. The zero-order valence-corrected chi connectivity index (χ0v) is 9.14. The van der Waals surface area contributed by atoms with Crippen molar-refractivity contribution in [1.82, 2.24) is 4.90 Å². The normalized spacial score (nSPS) is 35.2. The third kappa shape index (κ3) is 2.08. The molecule has 0 aromatic carbocycles. The van der Waals surface area contributed by atoms with E-state index in [4.69, 9.17) is 14.2 Å². The average Bonchev–Trinajstić information content (AvgIpc) is 2.58. The Morgan fingerprint density at radius 2 is 2.33 bits per heavy atom. The lowest BCUT2D eigenvalue weighted by molar-refractivity contribution is -0.0975. The average molecular weight is 215 g/mol. The van der Waals surface area contributed by atoms with Gasteiger partial charge in [0, 0.05) is 13.2 Å². The molecule has 0 unspecified atom stereocenters. The number of piperidine rings is 1. The molecule has 2 saturated heterocycles. The van der Waals surface area contributed by atoms with E-state index in [2.05, 4.69) is 0 Å². The molecule has 0 bridgehead atoms. The highest BCUT2D eigenvalue weighted by Gasteiger charge is 2.42. The monoisotopic (exact) mass is 215 g/mol. The van der Waals surface area contributed by atoms with Crippen LogP contribution < -0.4 is 0 Å². The summed E-state index contributed by atoms with van der Waals surface area (Å²) < 4.78 is 15.4. The number of hydrogen-bond acceptors (Lipinski definition) is 4. The minimum Gasteiger partial charge on any atom is -0.447 e. The molecule has 0 radical (unpaired) electrons. The second-order valence-corrected chi connectivity index (χ2v) is 4.15. The number of nitrogens with zero attached hydrogens (tertiary/aromatic N) is 1. The van der Waals surface area contributed by atoms with Crippen LogP contribution in [0.25, 0.3) is 0 Å². The predicted octanol–water partition coefficient (Wildman–Crippen LogP) is 0.979. The Balaban J connectivity index is 1.93. The first-order chi connectivity index (χ1) is 7.22. The van der Waals surface area contributed by atoms with E-state index in [0.717, 1.165) is 12.8 Å². The summed E-state index contributed by atoms with van der Waals surface area (Å²) in [5, 5.41) is 0. The van der Waals surface area contributed by atoms with Gasteiger partial charge in [-0.2, -0.15) is 0 Å². The molecule has 2 rings (SSSR count). The quantitative estimate of drug-likeness (QED) is 0.658. The van der Waals surface area contributed by atoms with E-state index in [9.17, 15) is 4.79 Å². The number of cyclic esters (lactones) is 1. The number of amides is 1. The van der Waals surface area contributed by atoms with Gasteiger partial charge in [0.1, 0.15) is 13.4 Å². The smallest absolute Gasteiger partial charge is 0.410 e. The van der Waals surface area contributed by atoms with Gasteiger partial charge >= 0.3 is 6.09 Å². The first kappa shape index (κ1) is 10.7. The largest absolute Gasteiger partial charge is 0.447 e. The third-order valence-corrected chi connectivity index (χ3v) is 3.04. The van der Waals surface area contributed by atoms with Crippen LogP contribution in [0.1, 0.15) is 19.8 Å². The van der Waals surface area contributed by atoms with E-state index in [1.165, 1.54) is 0 Å². The van der Waals surface area contributed by atoms with Gasteiger partial charge in [-0.25, -0.2) is 4.79 Å². The first-order valence-corrected chi connectivity index (χ1v) is 5.28. The number of hydrogen-bond donors (Lipinski definition) is 0. The fraction of sp³-hybridized carbons (Fsp3) is 0.900. The molecule has 0 aromatic heterocycles. The van der Waals surface area contributed by atoms with Crippen molar-refractivity contribution < 1.29 is 19.0 Å². The maximum absolute atomic E-state index is 11.4. The number of fused-ring (bicyclic) bond motifs is 1. The third-order valence-electron chi connectivity index (χ3n) is 3.04. The molecule has 2 aliphatic rings. The van der Waals surface area contributed by atoms with Crippen LogP contribution >= 0.6 is 0 Å². The molecule has 0 aromatic rings. The highest BCUT2D eigenvalue weighted by atomic mass is 16.7. The summed E-state index contributed by atoms with van der Waals surface area (Å²) in [5.41, 5.74) is 0. The molecule has 0 N–H and O–H groups in total. The van der Waals surface area contributed by atoms with Crippen molar-refractivity contribution in [3.63, 3.8) is 0 Å². The van der Waals surface area contributed by atoms with E-state index < -0.39 is 0 Å². The molecule has 2 aliphatic heterocycles. The number of rotatable bonds is 3.